The summed E-state index contributed by atoms with van der Waals surface area (Å²) in [7, 11) is -3.45. The zero-order valence-electron chi connectivity index (χ0n) is 21.3. The van der Waals surface area contributed by atoms with Crippen LogP contribution in [0.25, 0.3) is 0 Å². The molecule has 0 saturated carbocycles. The molecule has 0 spiro atoms. The van der Waals surface area contributed by atoms with Crippen molar-refractivity contribution in [1.29, 1.82) is 0 Å². The Kier molecular flexibility index (Phi) is 10.4. The van der Waals surface area contributed by atoms with E-state index in [2.05, 4.69) is 35.1 Å². The molecule has 37 heavy (non-hydrogen) atoms. The molecule has 0 bridgehead atoms. The maximum Gasteiger partial charge on any atom is 0.368 e. The highest BCUT2D eigenvalue weighted by atomic mass is 79.9. The van der Waals surface area contributed by atoms with E-state index in [1.165, 1.54) is 17.8 Å². The Morgan fingerprint density at radius 1 is 1.22 bits per heavy atom. The smallest absolute Gasteiger partial charge is 0.368 e. The monoisotopic (exact) mass is 615 g/mol. The Bertz CT molecular complexity index is 1120. The Hall–Kier alpha value is -1.72. The van der Waals surface area contributed by atoms with Crippen LogP contribution in [0.5, 0.6) is 5.75 Å². The number of aliphatic carboxylic acids is 1. The quantitative estimate of drug-likeness (QED) is 0.114. The Morgan fingerprint density at radius 3 is 2.38 bits per heavy atom. The maximum atomic E-state index is 13.7. The average Bonchev–Trinajstić information content (AvgIpc) is 2.97. The predicted molar refractivity (Wildman–Crippen MR) is 154 cm³/mol. The van der Waals surface area contributed by atoms with E-state index in [0.29, 0.717) is 23.4 Å². The fourth-order valence-corrected chi connectivity index (χ4v) is 8.34. The first-order chi connectivity index (χ1) is 17.6. The second-order valence-electron chi connectivity index (χ2n) is 9.34. The average molecular weight is 617 g/mol. The van der Waals surface area contributed by atoms with Crippen molar-refractivity contribution in [2.24, 2.45) is 5.41 Å². The number of unbranched alkanes of at least 4 members (excludes halogenated alkanes) is 2. The molecule has 0 aromatic heterocycles. The molecule has 0 amide bonds. The van der Waals surface area contributed by atoms with E-state index in [-0.39, 0.29) is 10.6 Å². The standard InChI is InChI=1S/C27H35BrFNO5S2/c1-4-6-12-27(13-7-5-2)17-30-21-14-23(36-3)22(35-16-20(29)26(31)32)15-24(21)37(33,34)25(27)18-8-10-19(28)11-9-18/h8-11,14-16,25,30,33-34H,4-7,12-13,17H2,1-3H3,(H,31,32)/b20-16-. The van der Waals surface area contributed by atoms with Crippen molar-refractivity contribution < 1.29 is 28.1 Å². The predicted octanol–water partition coefficient (Wildman–Crippen LogP) is 9.09. The number of nitrogens with one attached hydrogen (secondary N) is 1. The third kappa shape index (κ3) is 6.65. The van der Waals surface area contributed by atoms with Gasteiger partial charge in [0.05, 0.1) is 20.7 Å². The molecule has 0 saturated heterocycles. The zero-order valence-corrected chi connectivity index (χ0v) is 24.5. The fourth-order valence-electron chi connectivity index (χ4n) is 4.99. The van der Waals surface area contributed by atoms with Gasteiger partial charge in [0.25, 0.3) is 0 Å². The van der Waals surface area contributed by atoms with Crippen LogP contribution < -0.4 is 10.1 Å². The molecule has 1 unspecified atom stereocenters. The molecule has 1 aliphatic rings. The normalized spacial score (nSPS) is 19.3. The van der Waals surface area contributed by atoms with E-state index in [0.717, 1.165) is 48.6 Å². The number of carboxylic acid groups (broad SMARTS) is 1. The van der Waals surface area contributed by atoms with E-state index in [4.69, 9.17) is 9.84 Å². The van der Waals surface area contributed by atoms with Gasteiger partial charge < -0.3 is 15.2 Å². The van der Waals surface area contributed by atoms with Gasteiger partial charge in [0.2, 0.25) is 5.83 Å². The highest BCUT2D eigenvalue weighted by molar-refractivity contribution is 9.10. The molecular formula is C27H35BrFNO5S2. The number of hydrogen-bond donors (Lipinski definition) is 4. The Balaban J connectivity index is 2.23. The van der Waals surface area contributed by atoms with Crippen LogP contribution in [-0.4, -0.2) is 33.0 Å². The summed E-state index contributed by atoms with van der Waals surface area (Å²) >= 11 is 4.83. The number of fused-ring (bicyclic) bond motifs is 1. The van der Waals surface area contributed by atoms with Crippen LogP contribution in [0.15, 0.2) is 62.8 Å². The molecule has 0 aliphatic carbocycles. The SMILES string of the molecule is CCCCC1(CCCC)CNc2cc(SC)c(O/C=C(\F)C(=O)O)cc2S(O)(O)C1c1ccc(Br)cc1. The lowest BCUT2D eigenvalue weighted by atomic mass is 9.73. The summed E-state index contributed by atoms with van der Waals surface area (Å²) < 4.78 is 44.2. The van der Waals surface area contributed by atoms with Gasteiger partial charge in [-0.15, -0.1) is 11.8 Å². The van der Waals surface area contributed by atoms with E-state index in [1.807, 2.05) is 30.5 Å². The van der Waals surface area contributed by atoms with Gasteiger partial charge in [-0.3, -0.25) is 9.11 Å². The van der Waals surface area contributed by atoms with Gasteiger partial charge in [-0.25, -0.2) is 4.79 Å². The highest BCUT2D eigenvalue weighted by Crippen LogP contribution is 2.71. The number of halogens is 2. The largest absolute Gasteiger partial charge is 0.476 e. The summed E-state index contributed by atoms with van der Waals surface area (Å²) in [5, 5.41) is 11.8. The van der Waals surface area contributed by atoms with Gasteiger partial charge >= 0.3 is 5.97 Å². The minimum absolute atomic E-state index is 0.161. The molecule has 1 aliphatic heterocycles. The molecule has 2 aromatic rings. The van der Waals surface area contributed by atoms with Crippen LogP contribution in [-0.2, 0) is 4.79 Å². The first-order valence-electron chi connectivity index (χ1n) is 12.3. The van der Waals surface area contributed by atoms with E-state index in [1.54, 1.807) is 6.07 Å². The second kappa shape index (κ2) is 12.9. The van der Waals surface area contributed by atoms with Crippen molar-refractivity contribution in [2.75, 3.05) is 18.1 Å². The second-order valence-corrected chi connectivity index (χ2v) is 13.2. The topological polar surface area (TPSA) is 99.0 Å². The van der Waals surface area contributed by atoms with Crippen LogP contribution in [0.2, 0.25) is 0 Å². The Morgan fingerprint density at radius 2 is 1.84 bits per heavy atom. The molecule has 0 fully saturated rings. The summed E-state index contributed by atoms with van der Waals surface area (Å²) in [5.41, 5.74) is 1.02. The van der Waals surface area contributed by atoms with Gasteiger partial charge in [0.15, 0.2) is 0 Å². The molecule has 3 rings (SSSR count). The van der Waals surface area contributed by atoms with Gasteiger partial charge in [-0.05, 0) is 42.9 Å². The number of carbonyl (C=O) groups is 1. The number of anilines is 1. The molecule has 204 valence electrons. The zero-order chi connectivity index (χ0) is 27.2. The van der Waals surface area contributed by atoms with Crippen molar-refractivity contribution in [3.63, 3.8) is 0 Å². The van der Waals surface area contributed by atoms with Crippen molar-refractivity contribution in [1.82, 2.24) is 0 Å². The maximum absolute atomic E-state index is 13.7. The molecule has 4 N–H and O–H groups in total. The number of hydrogen-bond acceptors (Lipinski definition) is 6. The van der Waals surface area contributed by atoms with Crippen molar-refractivity contribution >= 4 is 49.9 Å². The van der Waals surface area contributed by atoms with Crippen LogP contribution in [0, 0.1) is 5.41 Å². The first-order valence-corrected chi connectivity index (χ1v) is 16.0. The van der Waals surface area contributed by atoms with Crippen molar-refractivity contribution in [3.8, 4) is 5.75 Å². The van der Waals surface area contributed by atoms with Crippen molar-refractivity contribution in [3.05, 3.63) is 58.5 Å². The lowest BCUT2D eigenvalue weighted by molar-refractivity contribution is -0.134. The summed E-state index contributed by atoms with van der Waals surface area (Å²) in [4.78, 5) is 11.8. The van der Waals surface area contributed by atoms with E-state index in [9.17, 15) is 18.3 Å². The van der Waals surface area contributed by atoms with Crippen LogP contribution in [0.1, 0.15) is 63.2 Å². The molecule has 6 nitrogen and oxygen atoms in total. The van der Waals surface area contributed by atoms with E-state index < -0.39 is 33.1 Å². The summed E-state index contributed by atoms with van der Waals surface area (Å²) in [5.74, 6) is -3.02. The van der Waals surface area contributed by atoms with Gasteiger partial charge in [0, 0.05) is 22.5 Å². The van der Waals surface area contributed by atoms with Crippen molar-refractivity contribution in [2.45, 2.75) is 67.4 Å². The van der Waals surface area contributed by atoms with Crippen LogP contribution in [0.3, 0.4) is 0 Å². The first kappa shape index (κ1) is 29.8. The molecule has 2 aromatic carbocycles. The van der Waals surface area contributed by atoms with Crippen LogP contribution >= 0.6 is 38.3 Å². The van der Waals surface area contributed by atoms with Gasteiger partial charge in [-0.1, -0.05) is 67.6 Å². The van der Waals surface area contributed by atoms with Crippen LogP contribution in [0.4, 0.5) is 10.1 Å². The molecule has 1 heterocycles. The third-order valence-corrected chi connectivity index (χ3v) is 10.5. The summed E-state index contributed by atoms with van der Waals surface area (Å²) in [6.45, 7) is 4.84. The lowest BCUT2D eigenvalue weighted by Crippen LogP contribution is -2.37. The Labute approximate surface area is 232 Å². The highest BCUT2D eigenvalue weighted by Gasteiger charge is 2.49. The number of carboxylic acids is 1. The van der Waals surface area contributed by atoms with E-state index >= 15 is 0 Å². The summed E-state index contributed by atoms with van der Waals surface area (Å²) in [6, 6.07) is 11.0. The fraction of sp³-hybridized carbons (Fsp3) is 0.444. The number of benzene rings is 2. The number of ether oxygens (including phenoxy) is 1. The molecule has 10 heteroatoms. The number of thioether (sulfide) groups is 1. The molecular weight excluding hydrogens is 581 g/mol. The summed E-state index contributed by atoms with van der Waals surface area (Å²) in [6.07, 6.45) is 7.88. The third-order valence-electron chi connectivity index (χ3n) is 6.83. The minimum atomic E-state index is -3.45. The van der Waals surface area contributed by atoms with Gasteiger partial charge in [0.1, 0.15) is 12.0 Å². The van der Waals surface area contributed by atoms with Gasteiger partial charge in [-0.2, -0.15) is 15.0 Å². The number of rotatable bonds is 11. The molecule has 1 atom stereocenters. The molecule has 0 radical (unpaired) electrons. The lowest BCUT2D eigenvalue weighted by Gasteiger charge is -2.50. The minimum Gasteiger partial charge on any atom is -0.476 e.